The lowest BCUT2D eigenvalue weighted by atomic mass is 10.1. The van der Waals surface area contributed by atoms with Crippen LogP contribution >= 0.6 is 22.9 Å². The number of halogens is 1. The number of para-hydroxylation sites is 1. The summed E-state index contributed by atoms with van der Waals surface area (Å²) in [5.41, 5.74) is 1.39. The van der Waals surface area contributed by atoms with Gasteiger partial charge in [0, 0.05) is 0 Å². The van der Waals surface area contributed by atoms with Crippen LogP contribution in [0.5, 0.6) is 0 Å². The standard InChI is InChI=1S/C18H17ClN2O3S2/c1-11(2)26(23,24)13-8-6-12(7-9-13)10-16(22)20-18-21-17-14(19)4-3-5-15(17)25-18/h3-9,11H,10H2,1-2H3,(H,20,21,22). The fourth-order valence-corrected chi connectivity index (χ4v) is 4.63. The molecule has 0 radical (unpaired) electrons. The summed E-state index contributed by atoms with van der Waals surface area (Å²) in [5.74, 6) is -0.223. The second-order valence-electron chi connectivity index (χ2n) is 6.07. The predicted molar refractivity (Wildman–Crippen MR) is 106 cm³/mol. The lowest BCUT2D eigenvalue weighted by Crippen LogP contribution is -2.15. The van der Waals surface area contributed by atoms with Crippen LogP contribution in [0.4, 0.5) is 5.13 Å². The first-order valence-electron chi connectivity index (χ1n) is 7.95. The molecule has 1 aromatic heterocycles. The number of sulfone groups is 1. The van der Waals surface area contributed by atoms with E-state index in [1.54, 1.807) is 32.0 Å². The Bertz CT molecular complexity index is 1060. The molecule has 26 heavy (non-hydrogen) atoms. The normalized spacial score (nSPS) is 11.8. The molecule has 0 bridgehead atoms. The molecule has 0 spiro atoms. The number of aromatic nitrogens is 1. The van der Waals surface area contributed by atoms with Crippen LogP contribution < -0.4 is 5.32 Å². The van der Waals surface area contributed by atoms with Gasteiger partial charge in [0.2, 0.25) is 5.91 Å². The van der Waals surface area contributed by atoms with E-state index in [-0.39, 0.29) is 17.2 Å². The Kier molecular flexibility index (Phi) is 5.32. The van der Waals surface area contributed by atoms with Gasteiger partial charge in [0.1, 0.15) is 5.52 Å². The molecule has 0 saturated heterocycles. The summed E-state index contributed by atoms with van der Waals surface area (Å²) in [7, 11) is -3.31. The molecule has 0 saturated carbocycles. The van der Waals surface area contributed by atoms with Gasteiger partial charge in [0.05, 0.1) is 26.3 Å². The molecule has 0 fully saturated rings. The number of anilines is 1. The highest BCUT2D eigenvalue weighted by molar-refractivity contribution is 7.92. The monoisotopic (exact) mass is 408 g/mol. The van der Waals surface area contributed by atoms with Gasteiger partial charge in [-0.05, 0) is 43.7 Å². The number of hydrogen-bond donors (Lipinski definition) is 1. The first-order valence-corrected chi connectivity index (χ1v) is 10.7. The van der Waals surface area contributed by atoms with Crippen molar-refractivity contribution in [2.45, 2.75) is 30.4 Å². The molecule has 1 heterocycles. The molecule has 2 aromatic carbocycles. The zero-order chi connectivity index (χ0) is 18.9. The van der Waals surface area contributed by atoms with Gasteiger partial charge in [-0.3, -0.25) is 4.79 Å². The smallest absolute Gasteiger partial charge is 0.230 e. The molecule has 136 valence electrons. The highest BCUT2D eigenvalue weighted by Crippen LogP contribution is 2.30. The molecular formula is C18H17ClN2O3S2. The summed E-state index contributed by atoms with van der Waals surface area (Å²) in [6.45, 7) is 3.28. The van der Waals surface area contributed by atoms with Crippen molar-refractivity contribution in [3.8, 4) is 0 Å². The lowest BCUT2D eigenvalue weighted by molar-refractivity contribution is -0.115. The van der Waals surface area contributed by atoms with Crippen molar-refractivity contribution in [1.29, 1.82) is 0 Å². The number of rotatable bonds is 5. The maximum absolute atomic E-state index is 12.2. The maximum Gasteiger partial charge on any atom is 0.230 e. The average molecular weight is 409 g/mol. The fraction of sp³-hybridized carbons (Fsp3) is 0.222. The molecule has 0 atom stereocenters. The maximum atomic E-state index is 12.2. The SMILES string of the molecule is CC(C)S(=O)(=O)c1ccc(CC(=O)Nc2nc3c(Cl)cccc3s2)cc1. The second-order valence-corrected chi connectivity index (χ2v) is 10.0. The number of amides is 1. The van der Waals surface area contributed by atoms with E-state index in [1.165, 1.54) is 23.5 Å². The number of nitrogens with zero attached hydrogens (tertiary/aromatic N) is 1. The Morgan fingerprint density at radius 1 is 1.19 bits per heavy atom. The van der Waals surface area contributed by atoms with Gasteiger partial charge in [-0.25, -0.2) is 13.4 Å². The van der Waals surface area contributed by atoms with Gasteiger partial charge >= 0.3 is 0 Å². The molecule has 1 amide bonds. The van der Waals surface area contributed by atoms with Crippen molar-refractivity contribution in [2.75, 3.05) is 5.32 Å². The largest absolute Gasteiger partial charge is 0.302 e. The number of benzene rings is 2. The quantitative estimate of drug-likeness (QED) is 0.682. The zero-order valence-electron chi connectivity index (χ0n) is 14.2. The van der Waals surface area contributed by atoms with Crippen LogP contribution in [-0.4, -0.2) is 24.6 Å². The fourth-order valence-electron chi connectivity index (χ4n) is 2.39. The van der Waals surface area contributed by atoms with Crippen LogP contribution in [-0.2, 0) is 21.1 Å². The minimum Gasteiger partial charge on any atom is -0.302 e. The summed E-state index contributed by atoms with van der Waals surface area (Å²) in [4.78, 5) is 16.8. The van der Waals surface area contributed by atoms with E-state index >= 15 is 0 Å². The van der Waals surface area contributed by atoms with E-state index in [1.807, 2.05) is 12.1 Å². The molecule has 0 aliphatic rings. The average Bonchev–Trinajstić information content (AvgIpc) is 2.99. The van der Waals surface area contributed by atoms with E-state index in [4.69, 9.17) is 11.6 Å². The first-order chi connectivity index (χ1) is 12.3. The van der Waals surface area contributed by atoms with Crippen LogP contribution in [0.25, 0.3) is 10.2 Å². The van der Waals surface area contributed by atoms with Gasteiger partial charge in [-0.15, -0.1) is 0 Å². The van der Waals surface area contributed by atoms with E-state index in [9.17, 15) is 13.2 Å². The zero-order valence-corrected chi connectivity index (χ0v) is 16.6. The summed E-state index contributed by atoms with van der Waals surface area (Å²) in [5, 5.41) is 3.30. The van der Waals surface area contributed by atoms with Crippen LogP contribution in [0.3, 0.4) is 0 Å². The summed E-state index contributed by atoms with van der Waals surface area (Å²) in [6, 6.07) is 11.9. The number of carbonyl (C=O) groups is 1. The highest BCUT2D eigenvalue weighted by atomic mass is 35.5. The van der Waals surface area contributed by atoms with E-state index in [0.29, 0.717) is 15.7 Å². The van der Waals surface area contributed by atoms with Crippen LogP contribution in [0, 0.1) is 0 Å². The van der Waals surface area contributed by atoms with Crippen LogP contribution in [0.2, 0.25) is 5.02 Å². The molecule has 8 heteroatoms. The van der Waals surface area contributed by atoms with E-state index < -0.39 is 15.1 Å². The third kappa shape index (κ3) is 3.90. The predicted octanol–water partition coefficient (Wildman–Crippen LogP) is 4.31. The van der Waals surface area contributed by atoms with Gasteiger partial charge in [0.25, 0.3) is 0 Å². The van der Waals surface area contributed by atoms with Gasteiger partial charge in [-0.2, -0.15) is 0 Å². The van der Waals surface area contributed by atoms with E-state index in [0.717, 1.165) is 10.3 Å². The Labute approximate surface area is 160 Å². The Morgan fingerprint density at radius 3 is 2.50 bits per heavy atom. The molecule has 1 N–H and O–H groups in total. The number of carbonyl (C=O) groups excluding carboxylic acids is 1. The van der Waals surface area contributed by atoms with Gasteiger partial charge in [0.15, 0.2) is 15.0 Å². The molecule has 5 nitrogen and oxygen atoms in total. The Morgan fingerprint density at radius 2 is 1.88 bits per heavy atom. The van der Waals surface area contributed by atoms with Crippen molar-refractivity contribution >= 4 is 54.0 Å². The van der Waals surface area contributed by atoms with Gasteiger partial charge in [-0.1, -0.05) is 41.1 Å². The van der Waals surface area contributed by atoms with E-state index in [2.05, 4.69) is 10.3 Å². The molecular weight excluding hydrogens is 392 g/mol. The first kappa shape index (κ1) is 18.8. The molecule has 0 unspecified atom stereocenters. The van der Waals surface area contributed by atoms with Crippen molar-refractivity contribution in [3.05, 3.63) is 53.1 Å². The van der Waals surface area contributed by atoms with Crippen LogP contribution in [0.15, 0.2) is 47.4 Å². The van der Waals surface area contributed by atoms with Crippen molar-refractivity contribution in [2.24, 2.45) is 0 Å². The third-order valence-corrected chi connectivity index (χ3v) is 7.26. The summed E-state index contributed by atoms with van der Waals surface area (Å²) in [6.07, 6.45) is 0.131. The molecule has 3 rings (SSSR count). The molecule has 3 aromatic rings. The third-order valence-electron chi connectivity index (χ3n) is 3.85. The minimum absolute atomic E-state index is 0.131. The number of hydrogen-bond acceptors (Lipinski definition) is 5. The van der Waals surface area contributed by atoms with Crippen LogP contribution in [0.1, 0.15) is 19.4 Å². The Balaban J connectivity index is 1.70. The molecule has 0 aliphatic heterocycles. The molecule has 0 aliphatic carbocycles. The topological polar surface area (TPSA) is 76.1 Å². The number of fused-ring (bicyclic) bond motifs is 1. The van der Waals surface area contributed by atoms with Crippen molar-refractivity contribution in [1.82, 2.24) is 4.98 Å². The highest BCUT2D eigenvalue weighted by Gasteiger charge is 2.19. The number of thiazole rings is 1. The van der Waals surface area contributed by atoms with Crippen molar-refractivity contribution in [3.63, 3.8) is 0 Å². The number of nitrogens with one attached hydrogen (secondary N) is 1. The summed E-state index contributed by atoms with van der Waals surface area (Å²) < 4.78 is 25.1. The summed E-state index contributed by atoms with van der Waals surface area (Å²) >= 11 is 7.45. The minimum atomic E-state index is -3.31. The van der Waals surface area contributed by atoms with Gasteiger partial charge < -0.3 is 5.32 Å². The second kappa shape index (κ2) is 7.34. The lowest BCUT2D eigenvalue weighted by Gasteiger charge is -2.08. The van der Waals surface area contributed by atoms with Crippen molar-refractivity contribution < 1.29 is 13.2 Å². The Hall–Kier alpha value is -1.96.